The summed E-state index contributed by atoms with van der Waals surface area (Å²) in [5.41, 5.74) is -1.66. The van der Waals surface area contributed by atoms with Crippen LogP contribution >= 0.6 is 11.6 Å². The van der Waals surface area contributed by atoms with Gasteiger partial charge in [0.05, 0.1) is 0 Å². The summed E-state index contributed by atoms with van der Waals surface area (Å²) in [5, 5.41) is 15.2. The molecule has 5 nitrogen and oxygen atoms in total. The number of aliphatic hydroxyl groups excluding tert-OH is 1. The second-order valence-corrected chi connectivity index (χ2v) is 7.01. The number of hydrogen-bond acceptors (Lipinski definition) is 5. The SMILES string of the molecule is CC(Cl)OC(=O)C(C)(C)NCC(O)COc1cccc2ccccc12. The molecule has 0 heterocycles. The van der Waals surface area contributed by atoms with Gasteiger partial charge in [-0.25, -0.2) is 0 Å². The maximum absolute atomic E-state index is 11.9. The topological polar surface area (TPSA) is 67.8 Å². The maximum Gasteiger partial charge on any atom is 0.327 e. The Bertz CT molecular complexity index is 712. The second-order valence-electron chi connectivity index (χ2n) is 6.40. The van der Waals surface area contributed by atoms with Crippen LogP contribution in [0.4, 0.5) is 0 Å². The predicted octanol–water partition coefficient (Wildman–Crippen LogP) is 3.08. The number of ether oxygens (including phenoxy) is 2. The van der Waals surface area contributed by atoms with E-state index in [1.807, 2.05) is 42.5 Å². The van der Waals surface area contributed by atoms with Gasteiger partial charge >= 0.3 is 5.97 Å². The Morgan fingerprint density at radius 2 is 1.92 bits per heavy atom. The first-order valence-electron chi connectivity index (χ1n) is 8.18. The summed E-state index contributed by atoms with van der Waals surface area (Å²) >= 11 is 5.67. The number of β-amino-alcohol motifs (C(OH)–C–C–N with tert-alkyl or cyclic N) is 1. The highest BCUT2D eigenvalue weighted by atomic mass is 35.5. The van der Waals surface area contributed by atoms with Gasteiger partial charge < -0.3 is 14.6 Å². The van der Waals surface area contributed by atoms with Crippen LogP contribution in [0.25, 0.3) is 10.8 Å². The zero-order valence-electron chi connectivity index (χ0n) is 14.7. The lowest BCUT2D eigenvalue weighted by Gasteiger charge is -2.26. The normalized spacial score (nSPS) is 14.1. The molecule has 0 aromatic heterocycles. The Hall–Kier alpha value is -1.82. The van der Waals surface area contributed by atoms with Crippen LogP contribution in [0.2, 0.25) is 0 Å². The van der Waals surface area contributed by atoms with Crippen LogP contribution in [-0.2, 0) is 9.53 Å². The van der Waals surface area contributed by atoms with E-state index < -0.39 is 23.2 Å². The van der Waals surface area contributed by atoms with E-state index >= 15 is 0 Å². The first-order valence-corrected chi connectivity index (χ1v) is 8.62. The predicted molar refractivity (Wildman–Crippen MR) is 98.9 cm³/mol. The molecule has 136 valence electrons. The molecule has 0 saturated heterocycles. The minimum absolute atomic E-state index is 0.109. The highest BCUT2D eigenvalue weighted by Crippen LogP contribution is 2.25. The average Bonchev–Trinajstić information content (AvgIpc) is 2.57. The standard InChI is InChI=1S/C19H24ClNO4/c1-13(20)25-18(23)19(2,3)21-11-15(22)12-24-17-10-6-8-14-7-4-5-9-16(14)17/h4-10,13,15,21-22H,11-12H2,1-3H3. The summed E-state index contributed by atoms with van der Waals surface area (Å²) in [6.07, 6.45) is -0.778. The van der Waals surface area contributed by atoms with Gasteiger partial charge in [-0.1, -0.05) is 48.0 Å². The smallest absolute Gasteiger partial charge is 0.327 e. The quantitative estimate of drug-likeness (QED) is 0.556. The van der Waals surface area contributed by atoms with E-state index in [0.29, 0.717) is 5.75 Å². The van der Waals surface area contributed by atoms with Crippen molar-refractivity contribution >= 4 is 28.3 Å². The van der Waals surface area contributed by atoms with E-state index in [9.17, 15) is 9.90 Å². The molecule has 0 amide bonds. The molecule has 0 bridgehead atoms. The molecule has 6 heteroatoms. The molecule has 2 atom stereocenters. The molecule has 25 heavy (non-hydrogen) atoms. The number of benzene rings is 2. The van der Waals surface area contributed by atoms with Crippen molar-refractivity contribution in [2.75, 3.05) is 13.2 Å². The lowest BCUT2D eigenvalue weighted by Crippen LogP contribution is -2.51. The second kappa shape index (κ2) is 8.52. The molecular formula is C19H24ClNO4. The van der Waals surface area contributed by atoms with E-state index in [0.717, 1.165) is 10.8 Å². The first kappa shape index (κ1) is 19.5. The summed E-state index contributed by atoms with van der Waals surface area (Å²) in [6.45, 7) is 5.21. The van der Waals surface area contributed by atoms with Gasteiger partial charge in [-0.15, -0.1) is 0 Å². The van der Waals surface area contributed by atoms with Gasteiger partial charge in [-0.3, -0.25) is 10.1 Å². The van der Waals surface area contributed by atoms with Gasteiger partial charge in [0, 0.05) is 11.9 Å². The van der Waals surface area contributed by atoms with E-state index in [1.165, 1.54) is 0 Å². The highest BCUT2D eigenvalue weighted by molar-refractivity contribution is 6.20. The number of halogens is 1. The third-order valence-corrected chi connectivity index (χ3v) is 3.83. The van der Waals surface area contributed by atoms with Crippen molar-refractivity contribution < 1.29 is 19.4 Å². The van der Waals surface area contributed by atoms with Crippen LogP contribution in [-0.4, -0.2) is 41.4 Å². The fourth-order valence-electron chi connectivity index (χ4n) is 2.31. The largest absolute Gasteiger partial charge is 0.490 e. The number of alkyl halides is 1. The molecule has 0 aliphatic heterocycles. The molecule has 0 aliphatic carbocycles. The first-order chi connectivity index (χ1) is 11.8. The van der Waals surface area contributed by atoms with Crippen molar-refractivity contribution in [3.8, 4) is 5.75 Å². The van der Waals surface area contributed by atoms with Gasteiger partial charge in [-0.2, -0.15) is 0 Å². The molecule has 2 aromatic rings. The van der Waals surface area contributed by atoms with Gasteiger partial charge in [0.2, 0.25) is 0 Å². The van der Waals surface area contributed by atoms with Crippen LogP contribution in [0.5, 0.6) is 5.75 Å². The average molecular weight is 366 g/mol. The number of carbonyl (C=O) groups excluding carboxylic acids is 1. The van der Waals surface area contributed by atoms with Gasteiger partial charge in [0.15, 0.2) is 5.56 Å². The minimum Gasteiger partial charge on any atom is -0.490 e. The highest BCUT2D eigenvalue weighted by Gasteiger charge is 2.30. The third-order valence-electron chi connectivity index (χ3n) is 3.74. The van der Waals surface area contributed by atoms with Crippen molar-refractivity contribution in [1.82, 2.24) is 5.32 Å². The van der Waals surface area contributed by atoms with Crippen LogP contribution in [0, 0.1) is 0 Å². The van der Waals surface area contributed by atoms with Crippen LogP contribution in [0.15, 0.2) is 42.5 Å². The summed E-state index contributed by atoms with van der Waals surface area (Å²) in [5.74, 6) is 0.240. The Balaban J connectivity index is 1.88. The summed E-state index contributed by atoms with van der Waals surface area (Å²) in [4.78, 5) is 11.9. The molecule has 0 aliphatic rings. The Morgan fingerprint density at radius 3 is 2.64 bits per heavy atom. The van der Waals surface area contributed by atoms with Crippen molar-refractivity contribution in [3.63, 3.8) is 0 Å². The Labute approximate surface area is 152 Å². The third kappa shape index (κ3) is 5.59. The van der Waals surface area contributed by atoms with Crippen molar-refractivity contribution in [2.45, 2.75) is 38.0 Å². The van der Waals surface area contributed by atoms with Crippen molar-refractivity contribution in [2.24, 2.45) is 0 Å². The molecule has 2 unspecified atom stereocenters. The Kier molecular flexibility index (Phi) is 6.64. The van der Waals surface area contributed by atoms with Crippen LogP contribution in [0.3, 0.4) is 0 Å². The number of fused-ring (bicyclic) bond motifs is 1. The van der Waals surface area contributed by atoms with Gasteiger partial charge in [0.25, 0.3) is 0 Å². The van der Waals surface area contributed by atoms with Crippen LogP contribution in [0.1, 0.15) is 20.8 Å². The maximum atomic E-state index is 11.9. The zero-order valence-corrected chi connectivity index (χ0v) is 15.4. The number of carbonyl (C=O) groups is 1. The summed E-state index contributed by atoms with van der Waals surface area (Å²) < 4.78 is 10.7. The molecule has 2 N–H and O–H groups in total. The zero-order chi connectivity index (χ0) is 18.4. The van der Waals surface area contributed by atoms with Crippen molar-refractivity contribution in [3.05, 3.63) is 42.5 Å². The van der Waals surface area contributed by atoms with Gasteiger partial charge in [-0.05, 0) is 32.2 Å². The number of aliphatic hydroxyl groups is 1. The number of rotatable bonds is 8. The molecule has 2 rings (SSSR count). The van der Waals surface area contributed by atoms with E-state index in [-0.39, 0.29) is 13.2 Å². The molecule has 0 spiro atoms. The van der Waals surface area contributed by atoms with Gasteiger partial charge in [0.1, 0.15) is 24.0 Å². The van der Waals surface area contributed by atoms with Crippen LogP contribution < -0.4 is 10.1 Å². The van der Waals surface area contributed by atoms with E-state index in [1.54, 1.807) is 20.8 Å². The minimum atomic E-state index is -0.955. The number of hydrogen-bond donors (Lipinski definition) is 2. The lowest BCUT2D eigenvalue weighted by molar-refractivity contribution is -0.151. The summed E-state index contributed by atoms with van der Waals surface area (Å²) in [7, 11) is 0. The van der Waals surface area contributed by atoms with E-state index in [2.05, 4.69) is 5.32 Å². The monoisotopic (exact) mass is 365 g/mol. The Morgan fingerprint density at radius 1 is 1.24 bits per heavy atom. The number of esters is 1. The van der Waals surface area contributed by atoms with E-state index in [4.69, 9.17) is 21.1 Å². The molecule has 0 fully saturated rings. The number of nitrogens with one attached hydrogen (secondary N) is 1. The molecule has 0 saturated carbocycles. The molecule has 0 radical (unpaired) electrons. The fraction of sp³-hybridized carbons (Fsp3) is 0.421. The van der Waals surface area contributed by atoms with Crippen molar-refractivity contribution in [1.29, 1.82) is 0 Å². The molecular weight excluding hydrogens is 342 g/mol. The fourth-order valence-corrected chi connectivity index (χ4v) is 2.39. The molecule has 2 aromatic carbocycles. The summed E-state index contributed by atoms with van der Waals surface area (Å²) in [6, 6.07) is 13.7. The lowest BCUT2D eigenvalue weighted by atomic mass is 10.1.